The number of nitrogens with zero attached hydrogens (tertiary/aromatic N) is 3. The van der Waals surface area contributed by atoms with Crippen LogP contribution in [0.25, 0.3) is 0 Å². The zero-order chi connectivity index (χ0) is 13.0. The van der Waals surface area contributed by atoms with E-state index in [0.29, 0.717) is 0 Å². The van der Waals surface area contributed by atoms with E-state index in [1.807, 2.05) is 12.3 Å². The lowest BCUT2D eigenvalue weighted by Gasteiger charge is -2.20. The Hall–Kier alpha value is -1.27. The molecule has 0 aromatic carbocycles. The number of hydrogen-bond donors (Lipinski definition) is 2. The molecule has 1 aliphatic heterocycles. The number of aromatic nitrogens is 1. The normalized spacial score (nSPS) is 20.7. The minimum atomic E-state index is 0.233. The quantitative estimate of drug-likeness (QED) is 0.641. The minimum Gasteiger partial charge on any atom is -0.306 e. The van der Waals surface area contributed by atoms with Gasteiger partial charge in [0, 0.05) is 11.9 Å². The summed E-state index contributed by atoms with van der Waals surface area (Å²) in [6.07, 6.45) is 0.971. The second-order valence-corrected chi connectivity index (χ2v) is 5.17. The second-order valence-electron chi connectivity index (χ2n) is 4.23. The number of hydrogen-bond acceptors (Lipinski definition) is 6. The molecule has 0 saturated heterocycles. The molecule has 6 heteroatoms. The van der Waals surface area contributed by atoms with Crippen LogP contribution >= 0.6 is 11.3 Å². The number of thiazole rings is 1. The number of aliphatic imine (C=N–C) groups is 1. The highest BCUT2D eigenvalue weighted by Crippen LogP contribution is 2.10. The van der Waals surface area contributed by atoms with Crippen LogP contribution in [0.4, 0.5) is 0 Å². The van der Waals surface area contributed by atoms with Crippen LogP contribution in [0.1, 0.15) is 31.5 Å². The van der Waals surface area contributed by atoms with Gasteiger partial charge in [-0.1, -0.05) is 6.92 Å². The van der Waals surface area contributed by atoms with Gasteiger partial charge in [-0.05, 0) is 20.3 Å². The molecule has 0 spiro atoms. The molecule has 5 nitrogen and oxygen atoms in total. The molecular formula is C12H19N5S. The molecular weight excluding hydrogens is 246 g/mol. The predicted octanol–water partition coefficient (Wildman–Crippen LogP) is 1.41. The van der Waals surface area contributed by atoms with Gasteiger partial charge in [-0.2, -0.15) is 5.10 Å². The molecule has 1 atom stereocenters. The largest absolute Gasteiger partial charge is 0.306 e. The number of hydrazone groups is 1. The number of aryl methyl sites for hydroxylation is 1. The monoisotopic (exact) mass is 265 g/mol. The van der Waals surface area contributed by atoms with Gasteiger partial charge in [-0.15, -0.1) is 11.3 Å². The Labute approximate surface area is 111 Å². The Morgan fingerprint density at radius 3 is 3.17 bits per heavy atom. The fourth-order valence-corrected chi connectivity index (χ4v) is 2.45. The molecule has 0 saturated carbocycles. The van der Waals surface area contributed by atoms with Crippen LogP contribution < -0.4 is 10.7 Å². The lowest BCUT2D eigenvalue weighted by molar-refractivity contribution is 0.613. The van der Waals surface area contributed by atoms with E-state index in [9.17, 15) is 0 Å². The maximum absolute atomic E-state index is 4.50. The van der Waals surface area contributed by atoms with Gasteiger partial charge in [-0.3, -0.25) is 10.4 Å². The summed E-state index contributed by atoms with van der Waals surface area (Å²) in [7, 11) is 0. The van der Waals surface area contributed by atoms with E-state index in [4.69, 9.17) is 0 Å². The number of nitrogens with one attached hydrogen (secondary N) is 2. The van der Waals surface area contributed by atoms with Crippen LogP contribution in [0.5, 0.6) is 0 Å². The first kappa shape index (κ1) is 13.2. The summed E-state index contributed by atoms with van der Waals surface area (Å²) in [5, 5.41) is 10.9. The van der Waals surface area contributed by atoms with Crippen molar-refractivity contribution in [2.75, 3.05) is 13.1 Å². The van der Waals surface area contributed by atoms with E-state index in [1.165, 1.54) is 0 Å². The molecule has 0 radical (unpaired) electrons. The number of amidine groups is 1. The van der Waals surface area contributed by atoms with Gasteiger partial charge >= 0.3 is 0 Å². The Morgan fingerprint density at radius 2 is 2.50 bits per heavy atom. The van der Waals surface area contributed by atoms with Crippen LogP contribution in [0.15, 0.2) is 15.5 Å². The van der Waals surface area contributed by atoms with Crippen molar-refractivity contribution < 1.29 is 0 Å². The minimum absolute atomic E-state index is 0.233. The molecule has 2 rings (SSSR count). The topological polar surface area (TPSA) is 61.7 Å². The third-order valence-electron chi connectivity index (χ3n) is 2.82. The van der Waals surface area contributed by atoms with Gasteiger partial charge in [0.15, 0.2) is 0 Å². The van der Waals surface area contributed by atoms with Crippen molar-refractivity contribution in [1.29, 1.82) is 0 Å². The molecule has 0 aliphatic carbocycles. The van der Waals surface area contributed by atoms with Gasteiger partial charge in [0.25, 0.3) is 0 Å². The highest BCUT2D eigenvalue weighted by atomic mass is 32.1. The molecule has 18 heavy (non-hydrogen) atoms. The summed E-state index contributed by atoms with van der Waals surface area (Å²) < 4.78 is 0. The van der Waals surface area contributed by atoms with Crippen LogP contribution in [0.2, 0.25) is 0 Å². The van der Waals surface area contributed by atoms with Gasteiger partial charge in [0.05, 0.1) is 29.0 Å². The fraction of sp³-hybridized carbons (Fsp3) is 0.583. The zero-order valence-electron chi connectivity index (χ0n) is 11.0. The third-order valence-corrected chi connectivity index (χ3v) is 3.81. The zero-order valence-corrected chi connectivity index (χ0v) is 11.8. The van der Waals surface area contributed by atoms with Gasteiger partial charge in [0.1, 0.15) is 5.84 Å². The first-order chi connectivity index (χ1) is 8.70. The highest BCUT2D eigenvalue weighted by Gasteiger charge is 2.13. The fourth-order valence-electron chi connectivity index (χ4n) is 1.66. The maximum atomic E-state index is 4.50. The lowest BCUT2D eigenvalue weighted by Crippen LogP contribution is -2.45. The van der Waals surface area contributed by atoms with Crippen LogP contribution in [-0.4, -0.2) is 35.7 Å². The summed E-state index contributed by atoms with van der Waals surface area (Å²) in [6.45, 7) is 7.88. The Balaban J connectivity index is 2.02. The van der Waals surface area contributed by atoms with E-state index in [-0.39, 0.29) is 6.04 Å². The smallest absolute Gasteiger partial charge is 0.134 e. The average Bonchev–Trinajstić information content (AvgIpc) is 2.86. The molecule has 0 fully saturated rings. The van der Waals surface area contributed by atoms with Crippen molar-refractivity contribution in [3.8, 4) is 0 Å². The average molecular weight is 265 g/mol. The summed E-state index contributed by atoms with van der Waals surface area (Å²) in [4.78, 5) is 8.92. The molecule has 0 amide bonds. The Morgan fingerprint density at radius 1 is 1.67 bits per heavy atom. The van der Waals surface area contributed by atoms with E-state index < -0.39 is 0 Å². The molecule has 98 valence electrons. The first-order valence-electron chi connectivity index (χ1n) is 6.23. The third kappa shape index (κ3) is 3.14. The summed E-state index contributed by atoms with van der Waals surface area (Å²) in [6, 6.07) is 0.233. The van der Waals surface area contributed by atoms with E-state index in [0.717, 1.165) is 41.8 Å². The van der Waals surface area contributed by atoms with Crippen LogP contribution in [0.3, 0.4) is 0 Å². The van der Waals surface area contributed by atoms with Crippen molar-refractivity contribution in [2.45, 2.75) is 33.2 Å². The lowest BCUT2D eigenvalue weighted by atomic mass is 10.3. The Bertz CT molecular complexity index is 463. The summed E-state index contributed by atoms with van der Waals surface area (Å²) in [5.74, 6) is 0.895. The van der Waals surface area contributed by atoms with Gasteiger partial charge in [-0.25, -0.2) is 4.98 Å². The first-order valence-corrected chi connectivity index (χ1v) is 7.11. The van der Waals surface area contributed by atoms with Crippen molar-refractivity contribution in [1.82, 2.24) is 15.7 Å². The highest BCUT2D eigenvalue weighted by molar-refractivity contribution is 7.09. The van der Waals surface area contributed by atoms with Gasteiger partial charge in [0.2, 0.25) is 0 Å². The molecule has 1 aromatic heterocycles. The second kappa shape index (κ2) is 6.06. The summed E-state index contributed by atoms with van der Waals surface area (Å²) >= 11 is 1.68. The van der Waals surface area contributed by atoms with Crippen molar-refractivity contribution in [3.63, 3.8) is 0 Å². The van der Waals surface area contributed by atoms with E-state index in [1.54, 1.807) is 11.3 Å². The van der Waals surface area contributed by atoms with E-state index in [2.05, 4.69) is 39.7 Å². The van der Waals surface area contributed by atoms with Crippen LogP contribution in [-0.2, 0) is 6.42 Å². The van der Waals surface area contributed by atoms with E-state index >= 15 is 0 Å². The van der Waals surface area contributed by atoms with Gasteiger partial charge < -0.3 is 5.32 Å². The van der Waals surface area contributed by atoms with Crippen molar-refractivity contribution in [2.24, 2.45) is 10.1 Å². The Kier molecular flexibility index (Phi) is 4.43. The molecule has 0 bridgehead atoms. The van der Waals surface area contributed by atoms with Crippen LogP contribution in [0, 0.1) is 0 Å². The summed E-state index contributed by atoms with van der Waals surface area (Å²) in [5.41, 5.74) is 4.88. The molecule has 1 unspecified atom stereocenters. The molecule has 2 N–H and O–H groups in total. The van der Waals surface area contributed by atoms with Crippen molar-refractivity contribution in [3.05, 3.63) is 16.1 Å². The molecule has 1 aliphatic rings. The maximum Gasteiger partial charge on any atom is 0.134 e. The standard InChI is InChI=1S/C12H19N5S/c1-4-11-15-10(7-18-11)8(2)16-17-12-9(3)13-5-6-14-12/h7,9,13H,4-6H2,1-3H3,(H,14,17)/b16-8+. The molecule has 1 aromatic rings. The predicted molar refractivity (Wildman–Crippen MR) is 76.6 cm³/mol. The SMILES string of the molecule is CCc1nc(/C(C)=N/NC2=NCCNC2C)cs1. The number of rotatable bonds is 3. The molecule has 2 heterocycles. The van der Waals surface area contributed by atoms with Crippen molar-refractivity contribution >= 4 is 22.9 Å².